The van der Waals surface area contributed by atoms with Crippen LogP contribution in [-0.2, 0) is 6.61 Å². The third-order valence-corrected chi connectivity index (χ3v) is 5.28. The molecule has 7 heteroatoms. The molecule has 3 aromatic rings. The summed E-state index contributed by atoms with van der Waals surface area (Å²) >= 11 is 12.2. The van der Waals surface area contributed by atoms with Crippen LogP contribution in [0.5, 0.6) is 17.2 Å². The van der Waals surface area contributed by atoms with Crippen molar-refractivity contribution >= 4 is 34.8 Å². The van der Waals surface area contributed by atoms with Crippen molar-refractivity contribution in [1.29, 1.82) is 0 Å². The zero-order valence-electron chi connectivity index (χ0n) is 17.5. The third kappa shape index (κ3) is 5.84. The van der Waals surface area contributed by atoms with Crippen molar-refractivity contribution in [3.63, 3.8) is 0 Å². The van der Waals surface area contributed by atoms with Gasteiger partial charge in [0.1, 0.15) is 23.9 Å². The zero-order chi connectivity index (χ0) is 22.4. The number of hydrogen-bond donors (Lipinski definition) is 1. The Labute approximate surface area is 191 Å². The summed E-state index contributed by atoms with van der Waals surface area (Å²) in [7, 11) is 1.54. The molecule has 1 N–H and O–H groups in total. The van der Waals surface area contributed by atoms with Crippen LogP contribution in [0.25, 0.3) is 0 Å². The van der Waals surface area contributed by atoms with Crippen LogP contribution in [0.4, 0.5) is 5.69 Å². The van der Waals surface area contributed by atoms with Gasteiger partial charge in [-0.15, -0.1) is 0 Å². The second kappa shape index (κ2) is 10.4. The van der Waals surface area contributed by atoms with Crippen molar-refractivity contribution in [2.24, 2.45) is 0 Å². The van der Waals surface area contributed by atoms with Crippen LogP contribution in [0.2, 0.25) is 10.0 Å². The minimum absolute atomic E-state index is 0.242. The summed E-state index contributed by atoms with van der Waals surface area (Å²) in [6.45, 7) is 4.56. The van der Waals surface area contributed by atoms with Crippen LogP contribution in [0.15, 0.2) is 54.6 Å². The number of benzene rings is 3. The summed E-state index contributed by atoms with van der Waals surface area (Å²) in [5.74, 6) is 1.62. The number of ether oxygens (including phenoxy) is 3. The second-order valence-corrected chi connectivity index (χ2v) is 7.57. The molecular weight excluding hydrogens is 437 g/mol. The lowest BCUT2D eigenvalue weighted by molar-refractivity contribution is 0.102. The van der Waals surface area contributed by atoms with Crippen molar-refractivity contribution in [2.75, 3.05) is 19.0 Å². The molecule has 31 heavy (non-hydrogen) atoms. The number of anilines is 1. The highest BCUT2D eigenvalue weighted by atomic mass is 35.5. The number of aryl methyl sites for hydroxylation is 1. The molecule has 0 aliphatic carbocycles. The van der Waals surface area contributed by atoms with Gasteiger partial charge in [-0.1, -0.05) is 23.2 Å². The van der Waals surface area contributed by atoms with Gasteiger partial charge in [0.2, 0.25) is 0 Å². The molecule has 1 amide bonds. The number of methoxy groups -OCH3 is 1. The van der Waals surface area contributed by atoms with Gasteiger partial charge in [0.15, 0.2) is 0 Å². The van der Waals surface area contributed by atoms with Gasteiger partial charge in [-0.25, -0.2) is 0 Å². The molecule has 0 fully saturated rings. The Morgan fingerprint density at radius 3 is 2.39 bits per heavy atom. The number of carbonyl (C=O) groups excluding carboxylic acids is 1. The quantitative estimate of drug-likeness (QED) is 0.415. The fourth-order valence-electron chi connectivity index (χ4n) is 2.95. The van der Waals surface area contributed by atoms with E-state index in [4.69, 9.17) is 37.4 Å². The predicted molar refractivity (Wildman–Crippen MR) is 124 cm³/mol. The lowest BCUT2D eigenvalue weighted by Crippen LogP contribution is -2.13. The van der Waals surface area contributed by atoms with Crippen molar-refractivity contribution in [3.05, 3.63) is 81.3 Å². The first-order valence-electron chi connectivity index (χ1n) is 9.70. The number of amides is 1. The maximum atomic E-state index is 12.8. The van der Waals surface area contributed by atoms with E-state index >= 15 is 0 Å². The third-order valence-electron chi connectivity index (χ3n) is 4.56. The minimum Gasteiger partial charge on any atom is -0.495 e. The zero-order valence-corrected chi connectivity index (χ0v) is 19.0. The van der Waals surface area contributed by atoms with Gasteiger partial charge < -0.3 is 19.5 Å². The van der Waals surface area contributed by atoms with Crippen LogP contribution >= 0.6 is 23.2 Å². The van der Waals surface area contributed by atoms with Crippen LogP contribution in [0, 0.1) is 6.92 Å². The van der Waals surface area contributed by atoms with E-state index in [-0.39, 0.29) is 12.5 Å². The maximum Gasteiger partial charge on any atom is 0.255 e. The van der Waals surface area contributed by atoms with Crippen molar-refractivity contribution in [2.45, 2.75) is 20.5 Å². The lowest BCUT2D eigenvalue weighted by Gasteiger charge is -2.14. The summed E-state index contributed by atoms with van der Waals surface area (Å²) in [6, 6.07) is 15.8. The van der Waals surface area contributed by atoms with Gasteiger partial charge in [-0.05, 0) is 74.0 Å². The number of hydrogen-bond acceptors (Lipinski definition) is 4. The Kier molecular flexibility index (Phi) is 7.66. The van der Waals surface area contributed by atoms with E-state index in [0.717, 1.165) is 11.1 Å². The molecular formula is C24H23Cl2NO4. The summed E-state index contributed by atoms with van der Waals surface area (Å²) in [5.41, 5.74) is 2.73. The molecule has 0 atom stereocenters. The second-order valence-electron chi connectivity index (χ2n) is 6.76. The largest absolute Gasteiger partial charge is 0.495 e. The molecule has 0 saturated carbocycles. The summed E-state index contributed by atoms with van der Waals surface area (Å²) in [5, 5.41) is 3.94. The monoisotopic (exact) mass is 459 g/mol. The highest BCUT2D eigenvalue weighted by Gasteiger charge is 2.13. The van der Waals surface area contributed by atoms with E-state index in [2.05, 4.69) is 5.32 Å². The number of halogens is 2. The molecule has 0 spiro atoms. The fraction of sp³-hybridized carbons (Fsp3) is 0.208. The van der Waals surface area contributed by atoms with Crippen molar-refractivity contribution in [3.8, 4) is 17.2 Å². The number of rotatable bonds is 8. The molecule has 0 aliphatic heterocycles. The predicted octanol–water partition coefficient (Wildman–Crippen LogP) is 6.54. The van der Waals surface area contributed by atoms with E-state index < -0.39 is 0 Å². The Morgan fingerprint density at radius 2 is 1.71 bits per heavy atom. The van der Waals surface area contributed by atoms with Crippen LogP contribution < -0.4 is 19.5 Å². The lowest BCUT2D eigenvalue weighted by atomic mass is 10.1. The molecule has 0 aliphatic rings. The van der Waals surface area contributed by atoms with Crippen molar-refractivity contribution < 1.29 is 19.0 Å². The molecule has 0 unspecified atom stereocenters. The Morgan fingerprint density at radius 1 is 0.935 bits per heavy atom. The molecule has 0 bridgehead atoms. The summed E-state index contributed by atoms with van der Waals surface area (Å²) < 4.78 is 16.7. The first-order chi connectivity index (χ1) is 14.9. The smallest absolute Gasteiger partial charge is 0.255 e. The molecule has 0 heterocycles. The molecule has 0 radical (unpaired) electrons. The normalized spacial score (nSPS) is 10.5. The minimum atomic E-state index is -0.270. The highest BCUT2D eigenvalue weighted by molar-refractivity contribution is 6.32. The van der Waals surface area contributed by atoms with Gasteiger partial charge in [0.05, 0.1) is 18.7 Å². The summed E-state index contributed by atoms with van der Waals surface area (Å²) in [6.07, 6.45) is 0. The van der Waals surface area contributed by atoms with E-state index in [1.807, 2.05) is 19.9 Å². The topological polar surface area (TPSA) is 56.8 Å². The average molecular weight is 460 g/mol. The Bertz CT molecular complexity index is 1090. The fourth-order valence-corrected chi connectivity index (χ4v) is 3.32. The van der Waals surface area contributed by atoms with E-state index in [1.165, 1.54) is 7.11 Å². The Balaban J connectivity index is 1.78. The molecule has 162 valence electrons. The molecule has 3 rings (SSSR count). The van der Waals surface area contributed by atoms with Gasteiger partial charge in [-0.2, -0.15) is 0 Å². The first kappa shape index (κ1) is 22.8. The maximum absolute atomic E-state index is 12.8. The molecule has 5 nitrogen and oxygen atoms in total. The van der Waals surface area contributed by atoms with Crippen LogP contribution in [0.1, 0.15) is 28.4 Å². The van der Waals surface area contributed by atoms with E-state index in [9.17, 15) is 4.79 Å². The summed E-state index contributed by atoms with van der Waals surface area (Å²) in [4.78, 5) is 12.8. The van der Waals surface area contributed by atoms with Crippen molar-refractivity contribution in [1.82, 2.24) is 0 Å². The van der Waals surface area contributed by atoms with Gasteiger partial charge >= 0.3 is 0 Å². The molecule has 3 aromatic carbocycles. The Hall–Kier alpha value is -2.89. The van der Waals surface area contributed by atoms with Crippen LogP contribution in [0.3, 0.4) is 0 Å². The number of nitrogens with one attached hydrogen (secondary N) is 1. The SMILES string of the molecule is CCOc1ccc(C(=O)Nc2ccc(OC)c(Cl)c2)cc1COc1ccc(Cl)c(C)c1. The average Bonchev–Trinajstić information content (AvgIpc) is 2.75. The standard InChI is InChI=1S/C24H23Cl2NO4/c1-4-30-22-9-5-16(24(28)27-18-6-10-23(29-3)21(26)13-18)12-17(22)14-31-19-7-8-20(25)15(2)11-19/h5-13H,4,14H2,1-3H3,(H,27,28). The van der Waals surface area contributed by atoms with Crippen LogP contribution in [-0.4, -0.2) is 19.6 Å². The highest BCUT2D eigenvalue weighted by Crippen LogP contribution is 2.28. The van der Waals surface area contributed by atoms with Gasteiger partial charge in [-0.3, -0.25) is 4.79 Å². The molecule has 0 saturated heterocycles. The first-order valence-corrected chi connectivity index (χ1v) is 10.5. The molecule has 0 aromatic heterocycles. The number of carbonyl (C=O) groups is 1. The van der Waals surface area contributed by atoms with E-state index in [1.54, 1.807) is 48.5 Å². The van der Waals surface area contributed by atoms with Gasteiger partial charge in [0.25, 0.3) is 5.91 Å². The van der Waals surface area contributed by atoms with E-state index in [0.29, 0.717) is 45.2 Å². The van der Waals surface area contributed by atoms with Gasteiger partial charge in [0, 0.05) is 21.8 Å².